The SMILES string of the molecule is COc1nccc2c(Br)cn(COCC[Si](C)(C)C)c12. The summed E-state index contributed by atoms with van der Waals surface area (Å²) in [5.41, 5.74) is 0.967. The predicted molar refractivity (Wildman–Crippen MR) is 88.1 cm³/mol. The van der Waals surface area contributed by atoms with Gasteiger partial charge in [0.2, 0.25) is 5.88 Å². The Kier molecular flexibility index (Phi) is 4.88. The zero-order valence-corrected chi connectivity index (χ0v) is 15.0. The summed E-state index contributed by atoms with van der Waals surface area (Å²) in [6, 6.07) is 3.14. The van der Waals surface area contributed by atoms with Gasteiger partial charge in [0.15, 0.2) is 0 Å². The molecular formula is C14H21BrN2O2Si. The van der Waals surface area contributed by atoms with E-state index in [1.165, 1.54) is 6.04 Å². The summed E-state index contributed by atoms with van der Waals surface area (Å²) in [5, 5.41) is 1.09. The maximum absolute atomic E-state index is 5.81. The van der Waals surface area contributed by atoms with Crippen molar-refractivity contribution >= 4 is 34.9 Å². The van der Waals surface area contributed by atoms with E-state index >= 15 is 0 Å². The van der Waals surface area contributed by atoms with Crippen LogP contribution in [0.3, 0.4) is 0 Å². The molecule has 0 unspecified atom stereocenters. The molecule has 0 aliphatic carbocycles. The number of pyridine rings is 1. The van der Waals surface area contributed by atoms with E-state index < -0.39 is 8.07 Å². The second-order valence-electron chi connectivity index (χ2n) is 6.01. The van der Waals surface area contributed by atoms with Gasteiger partial charge in [-0.25, -0.2) is 4.98 Å². The zero-order chi connectivity index (χ0) is 14.8. The molecule has 0 fully saturated rings. The number of rotatable bonds is 6. The lowest BCUT2D eigenvalue weighted by Crippen LogP contribution is -2.22. The molecule has 0 saturated carbocycles. The Morgan fingerprint density at radius 1 is 1.35 bits per heavy atom. The average molecular weight is 357 g/mol. The number of methoxy groups -OCH3 is 1. The van der Waals surface area contributed by atoms with Crippen molar-refractivity contribution in [2.75, 3.05) is 13.7 Å². The molecule has 6 heteroatoms. The van der Waals surface area contributed by atoms with Gasteiger partial charge >= 0.3 is 0 Å². The van der Waals surface area contributed by atoms with Crippen LogP contribution in [-0.2, 0) is 11.5 Å². The zero-order valence-electron chi connectivity index (χ0n) is 12.4. The molecule has 4 nitrogen and oxygen atoms in total. The molecule has 0 atom stereocenters. The van der Waals surface area contributed by atoms with Crippen molar-refractivity contribution in [3.63, 3.8) is 0 Å². The van der Waals surface area contributed by atoms with Crippen molar-refractivity contribution < 1.29 is 9.47 Å². The normalized spacial score (nSPS) is 12.1. The minimum atomic E-state index is -1.04. The van der Waals surface area contributed by atoms with Gasteiger partial charge in [-0.1, -0.05) is 19.6 Å². The molecular weight excluding hydrogens is 336 g/mol. The number of hydrogen-bond acceptors (Lipinski definition) is 3. The molecule has 2 aromatic rings. The average Bonchev–Trinajstić information content (AvgIpc) is 2.71. The lowest BCUT2D eigenvalue weighted by atomic mass is 10.3. The van der Waals surface area contributed by atoms with E-state index in [9.17, 15) is 0 Å². The molecule has 0 spiro atoms. The molecule has 0 N–H and O–H groups in total. The van der Waals surface area contributed by atoms with Crippen LogP contribution in [0.2, 0.25) is 25.7 Å². The highest BCUT2D eigenvalue weighted by molar-refractivity contribution is 9.10. The minimum Gasteiger partial charge on any atom is -0.479 e. The molecule has 0 aliphatic heterocycles. The first-order valence-electron chi connectivity index (χ1n) is 6.67. The maximum Gasteiger partial charge on any atom is 0.238 e. The quantitative estimate of drug-likeness (QED) is 0.576. The fourth-order valence-corrected chi connectivity index (χ4v) is 3.29. The van der Waals surface area contributed by atoms with E-state index in [2.05, 4.69) is 40.6 Å². The van der Waals surface area contributed by atoms with E-state index in [0.717, 1.165) is 22.0 Å². The summed E-state index contributed by atoms with van der Waals surface area (Å²) >= 11 is 3.57. The van der Waals surface area contributed by atoms with Gasteiger partial charge in [-0.05, 0) is 28.0 Å². The van der Waals surface area contributed by atoms with E-state index in [0.29, 0.717) is 12.6 Å². The summed E-state index contributed by atoms with van der Waals surface area (Å²) < 4.78 is 14.2. The predicted octanol–water partition coefficient (Wildman–Crippen LogP) is 4.12. The van der Waals surface area contributed by atoms with Gasteiger partial charge in [0.05, 0.1) is 7.11 Å². The molecule has 0 bridgehead atoms. The Hall–Kier alpha value is -0.853. The highest BCUT2D eigenvalue weighted by Gasteiger charge is 2.14. The summed E-state index contributed by atoms with van der Waals surface area (Å²) in [5.74, 6) is 0.627. The second-order valence-corrected chi connectivity index (χ2v) is 12.5. The Labute approximate surface area is 129 Å². The number of halogens is 1. The third-order valence-electron chi connectivity index (χ3n) is 3.12. The third-order valence-corrected chi connectivity index (χ3v) is 5.46. The van der Waals surface area contributed by atoms with Crippen LogP contribution in [-0.4, -0.2) is 31.3 Å². The van der Waals surface area contributed by atoms with Gasteiger partial charge in [0.25, 0.3) is 0 Å². The minimum absolute atomic E-state index is 0.522. The van der Waals surface area contributed by atoms with Crippen molar-refractivity contribution in [3.8, 4) is 5.88 Å². The summed E-state index contributed by atoms with van der Waals surface area (Å²) in [6.45, 7) is 8.38. The van der Waals surface area contributed by atoms with E-state index in [4.69, 9.17) is 9.47 Å². The Morgan fingerprint density at radius 2 is 2.10 bits per heavy atom. The van der Waals surface area contributed by atoms with Crippen LogP contribution in [0.4, 0.5) is 0 Å². The maximum atomic E-state index is 5.81. The fraction of sp³-hybridized carbons (Fsp3) is 0.500. The first-order valence-corrected chi connectivity index (χ1v) is 11.2. The Morgan fingerprint density at radius 3 is 2.75 bits per heavy atom. The van der Waals surface area contributed by atoms with Crippen molar-refractivity contribution in [1.29, 1.82) is 0 Å². The van der Waals surface area contributed by atoms with Crippen LogP contribution in [0.25, 0.3) is 10.9 Å². The lowest BCUT2D eigenvalue weighted by molar-refractivity contribution is 0.0898. The first-order chi connectivity index (χ1) is 9.42. The van der Waals surface area contributed by atoms with Crippen molar-refractivity contribution in [3.05, 3.63) is 22.9 Å². The van der Waals surface area contributed by atoms with Crippen molar-refractivity contribution in [2.24, 2.45) is 0 Å². The third kappa shape index (κ3) is 3.62. The summed E-state index contributed by atoms with van der Waals surface area (Å²) in [4.78, 5) is 4.25. The number of hydrogen-bond donors (Lipinski definition) is 0. The monoisotopic (exact) mass is 356 g/mol. The number of nitrogens with zero attached hydrogens (tertiary/aromatic N) is 2. The highest BCUT2D eigenvalue weighted by atomic mass is 79.9. The molecule has 2 rings (SSSR count). The molecule has 0 amide bonds. The smallest absolute Gasteiger partial charge is 0.238 e. The molecule has 0 radical (unpaired) electrons. The van der Waals surface area contributed by atoms with Gasteiger partial charge in [-0.3, -0.25) is 0 Å². The van der Waals surface area contributed by atoms with Gasteiger partial charge < -0.3 is 14.0 Å². The van der Waals surface area contributed by atoms with Crippen LogP contribution in [0.15, 0.2) is 22.9 Å². The first kappa shape index (κ1) is 15.5. The topological polar surface area (TPSA) is 36.3 Å². The molecule has 2 aromatic heterocycles. The largest absolute Gasteiger partial charge is 0.479 e. The van der Waals surface area contributed by atoms with Crippen LogP contribution < -0.4 is 4.74 Å². The van der Waals surface area contributed by atoms with Gasteiger partial charge in [-0.2, -0.15) is 0 Å². The molecule has 0 aromatic carbocycles. The number of fused-ring (bicyclic) bond motifs is 1. The standard InChI is InChI=1S/C14H21BrN2O2Si/c1-18-14-13-11(5-6-16-14)12(15)9-17(13)10-19-7-8-20(2,3)4/h5-6,9H,7-8,10H2,1-4H3. The van der Waals surface area contributed by atoms with Crippen molar-refractivity contribution in [2.45, 2.75) is 32.4 Å². The van der Waals surface area contributed by atoms with Crippen molar-refractivity contribution in [1.82, 2.24) is 9.55 Å². The Bertz CT molecular complexity index is 593. The number of ether oxygens (including phenoxy) is 2. The molecule has 110 valence electrons. The van der Waals surface area contributed by atoms with Crippen LogP contribution >= 0.6 is 15.9 Å². The fourth-order valence-electron chi connectivity index (χ4n) is 1.97. The van der Waals surface area contributed by atoms with Crippen LogP contribution in [0, 0.1) is 0 Å². The molecule has 0 aliphatic rings. The lowest BCUT2D eigenvalue weighted by Gasteiger charge is -2.16. The highest BCUT2D eigenvalue weighted by Crippen LogP contribution is 2.31. The Balaban J connectivity index is 2.14. The van der Waals surface area contributed by atoms with E-state index in [1.807, 2.05) is 16.8 Å². The van der Waals surface area contributed by atoms with Gasteiger partial charge in [0, 0.05) is 36.9 Å². The molecule has 0 saturated heterocycles. The number of aromatic nitrogens is 2. The van der Waals surface area contributed by atoms with Crippen LogP contribution in [0.5, 0.6) is 5.88 Å². The van der Waals surface area contributed by atoms with Gasteiger partial charge in [0.1, 0.15) is 12.2 Å². The second kappa shape index (κ2) is 6.28. The van der Waals surface area contributed by atoms with E-state index in [1.54, 1.807) is 13.3 Å². The van der Waals surface area contributed by atoms with E-state index in [-0.39, 0.29) is 0 Å². The van der Waals surface area contributed by atoms with Gasteiger partial charge in [-0.15, -0.1) is 0 Å². The molecule has 20 heavy (non-hydrogen) atoms. The summed E-state index contributed by atoms with van der Waals surface area (Å²) in [6.07, 6.45) is 3.77. The molecule has 2 heterocycles. The summed E-state index contributed by atoms with van der Waals surface area (Å²) in [7, 11) is 0.596. The van der Waals surface area contributed by atoms with Crippen LogP contribution in [0.1, 0.15) is 0 Å².